The van der Waals surface area contributed by atoms with Gasteiger partial charge in [-0.05, 0) is 31.9 Å². The summed E-state index contributed by atoms with van der Waals surface area (Å²) in [5, 5.41) is 8.07. The Labute approximate surface area is 134 Å². The number of aryl methyl sites for hydroxylation is 1. The van der Waals surface area contributed by atoms with Crippen LogP contribution in [0.15, 0.2) is 30.5 Å². The van der Waals surface area contributed by atoms with Crippen LogP contribution < -0.4 is 0 Å². The molecule has 0 aliphatic heterocycles. The molecular formula is C17H20FN3O2. The third-order valence-electron chi connectivity index (χ3n) is 3.26. The number of benzene rings is 1. The lowest BCUT2D eigenvalue weighted by molar-refractivity contribution is -0.137. The van der Waals surface area contributed by atoms with E-state index in [0.717, 1.165) is 25.0 Å². The van der Waals surface area contributed by atoms with E-state index in [9.17, 15) is 9.18 Å². The van der Waals surface area contributed by atoms with E-state index in [1.165, 1.54) is 22.9 Å². The molecule has 0 spiro atoms. The molecule has 0 bridgehead atoms. The molecule has 0 amide bonds. The summed E-state index contributed by atoms with van der Waals surface area (Å²) < 4.78 is 20.5. The summed E-state index contributed by atoms with van der Waals surface area (Å²) in [5.41, 5.74) is 1.61. The molecule has 0 saturated heterocycles. The van der Waals surface area contributed by atoms with Crippen LogP contribution in [0.3, 0.4) is 0 Å². The number of carbonyl (C=O) groups excluding carboxylic acids is 1. The van der Waals surface area contributed by atoms with Crippen LogP contribution >= 0.6 is 0 Å². The van der Waals surface area contributed by atoms with Crippen LogP contribution in [0.25, 0.3) is 11.8 Å². The Kier molecular flexibility index (Phi) is 6.02. The van der Waals surface area contributed by atoms with Crippen molar-refractivity contribution < 1.29 is 13.9 Å². The summed E-state index contributed by atoms with van der Waals surface area (Å²) in [6.07, 6.45) is 7.38. The van der Waals surface area contributed by atoms with Crippen molar-refractivity contribution in [2.45, 2.75) is 33.1 Å². The molecule has 6 heteroatoms. The van der Waals surface area contributed by atoms with Gasteiger partial charge in [-0.3, -0.25) is 0 Å². The van der Waals surface area contributed by atoms with E-state index < -0.39 is 11.8 Å². The summed E-state index contributed by atoms with van der Waals surface area (Å²) in [5.74, 6) is -0.895. The number of para-hydroxylation sites is 1. The van der Waals surface area contributed by atoms with Gasteiger partial charge in [-0.25, -0.2) is 13.9 Å². The Balaban J connectivity index is 2.30. The van der Waals surface area contributed by atoms with Crippen LogP contribution in [0.5, 0.6) is 0 Å². The zero-order valence-corrected chi connectivity index (χ0v) is 13.3. The molecule has 0 fully saturated rings. The number of hydrogen-bond donors (Lipinski definition) is 0. The maximum atomic E-state index is 14.2. The highest BCUT2D eigenvalue weighted by molar-refractivity contribution is 5.87. The molecular weight excluding hydrogens is 297 g/mol. The van der Waals surface area contributed by atoms with Gasteiger partial charge in [0.05, 0.1) is 18.5 Å². The monoisotopic (exact) mass is 317 g/mol. The average Bonchev–Trinajstić information content (AvgIpc) is 2.99. The Morgan fingerprint density at radius 1 is 1.39 bits per heavy atom. The molecule has 2 rings (SSSR count). The highest BCUT2D eigenvalue weighted by Crippen LogP contribution is 2.20. The van der Waals surface area contributed by atoms with Gasteiger partial charge in [-0.2, -0.15) is 0 Å². The number of carbonyl (C=O) groups is 1. The zero-order valence-electron chi connectivity index (χ0n) is 13.3. The van der Waals surface area contributed by atoms with Crippen molar-refractivity contribution in [1.82, 2.24) is 15.0 Å². The average molecular weight is 317 g/mol. The van der Waals surface area contributed by atoms with Gasteiger partial charge < -0.3 is 4.74 Å². The molecule has 0 aliphatic carbocycles. The first-order valence-electron chi connectivity index (χ1n) is 7.70. The topological polar surface area (TPSA) is 57.0 Å². The standard InChI is InChI=1S/C17H20FN3O2/c1-3-5-8-14-12-21(20-19-14)17-13(7-6-9-15(17)18)10-11-16(22)23-4-2/h6-7,9-12H,3-5,8H2,1-2H3/b11-10+. The van der Waals surface area contributed by atoms with Crippen molar-refractivity contribution >= 4 is 12.0 Å². The number of esters is 1. The van der Waals surface area contributed by atoms with E-state index >= 15 is 0 Å². The maximum absolute atomic E-state index is 14.2. The van der Waals surface area contributed by atoms with Crippen LogP contribution in [0, 0.1) is 5.82 Å². The third-order valence-corrected chi connectivity index (χ3v) is 3.26. The van der Waals surface area contributed by atoms with Crippen molar-refractivity contribution in [3.63, 3.8) is 0 Å². The van der Waals surface area contributed by atoms with Crippen molar-refractivity contribution in [3.05, 3.63) is 47.5 Å². The molecule has 0 atom stereocenters. The number of halogens is 1. The highest BCUT2D eigenvalue weighted by atomic mass is 19.1. The summed E-state index contributed by atoms with van der Waals surface area (Å²) in [7, 11) is 0. The first kappa shape index (κ1) is 16.9. The summed E-state index contributed by atoms with van der Waals surface area (Å²) in [6.45, 7) is 4.12. The molecule has 1 aromatic carbocycles. The molecule has 122 valence electrons. The minimum atomic E-state index is -0.468. The van der Waals surface area contributed by atoms with Gasteiger partial charge in [0.2, 0.25) is 0 Å². The van der Waals surface area contributed by atoms with E-state index in [1.807, 2.05) is 0 Å². The third kappa shape index (κ3) is 4.48. The largest absolute Gasteiger partial charge is 0.463 e. The quantitative estimate of drug-likeness (QED) is 0.580. The van der Waals surface area contributed by atoms with Crippen molar-refractivity contribution in [3.8, 4) is 5.69 Å². The minimum Gasteiger partial charge on any atom is -0.463 e. The van der Waals surface area contributed by atoms with Crippen molar-refractivity contribution in [2.75, 3.05) is 6.61 Å². The summed E-state index contributed by atoms with van der Waals surface area (Å²) >= 11 is 0. The van der Waals surface area contributed by atoms with Crippen molar-refractivity contribution in [2.24, 2.45) is 0 Å². The molecule has 0 N–H and O–H groups in total. The smallest absolute Gasteiger partial charge is 0.330 e. The summed E-state index contributed by atoms with van der Waals surface area (Å²) in [6, 6.07) is 4.64. The van der Waals surface area contributed by atoms with Gasteiger partial charge in [-0.15, -0.1) is 5.10 Å². The zero-order chi connectivity index (χ0) is 16.7. The van der Waals surface area contributed by atoms with Gasteiger partial charge >= 0.3 is 5.97 Å². The number of hydrogen-bond acceptors (Lipinski definition) is 4. The molecule has 5 nitrogen and oxygen atoms in total. The van der Waals surface area contributed by atoms with E-state index in [1.54, 1.807) is 25.3 Å². The Morgan fingerprint density at radius 3 is 2.96 bits per heavy atom. The number of nitrogens with zero attached hydrogens (tertiary/aromatic N) is 3. The molecule has 0 radical (unpaired) electrons. The first-order valence-corrected chi connectivity index (χ1v) is 7.70. The second-order valence-electron chi connectivity index (χ2n) is 5.02. The molecule has 1 heterocycles. The number of aromatic nitrogens is 3. The van der Waals surface area contributed by atoms with Crippen LogP contribution in [-0.2, 0) is 16.0 Å². The second kappa shape index (κ2) is 8.22. The lowest BCUT2D eigenvalue weighted by Crippen LogP contribution is -2.03. The molecule has 2 aromatic rings. The molecule has 23 heavy (non-hydrogen) atoms. The van der Waals surface area contributed by atoms with Gasteiger partial charge in [0.15, 0.2) is 0 Å². The summed E-state index contributed by atoms with van der Waals surface area (Å²) in [4.78, 5) is 11.4. The second-order valence-corrected chi connectivity index (χ2v) is 5.02. The van der Waals surface area contributed by atoms with E-state index in [-0.39, 0.29) is 5.69 Å². The highest BCUT2D eigenvalue weighted by Gasteiger charge is 2.11. The van der Waals surface area contributed by atoms with E-state index in [0.29, 0.717) is 12.2 Å². The maximum Gasteiger partial charge on any atom is 0.330 e. The SMILES string of the molecule is CCCCc1cn(-c2c(F)cccc2/C=C/C(=O)OCC)nn1. The Hall–Kier alpha value is -2.50. The molecule has 0 saturated carbocycles. The molecule has 1 aromatic heterocycles. The van der Waals surface area contributed by atoms with Gasteiger partial charge in [-0.1, -0.05) is 30.7 Å². The predicted octanol–water partition coefficient (Wildman–Crippen LogP) is 3.33. The number of rotatable bonds is 7. The fourth-order valence-electron chi connectivity index (χ4n) is 2.14. The minimum absolute atomic E-state index is 0.267. The predicted molar refractivity (Wildman–Crippen MR) is 85.6 cm³/mol. The lowest BCUT2D eigenvalue weighted by Gasteiger charge is -2.06. The van der Waals surface area contributed by atoms with Crippen LogP contribution in [-0.4, -0.2) is 27.6 Å². The van der Waals surface area contributed by atoms with Crippen LogP contribution in [0.2, 0.25) is 0 Å². The van der Waals surface area contributed by atoms with Gasteiger partial charge in [0, 0.05) is 11.6 Å². The van der Waals surface area contributed by atoms with Crippen LogP contribution in [0.4, 0.5) is 4.39 Å². The Morgan fingerprint density at radius 2 is 2.22 bits per heavy atom. The Bertz CT molecular complexity index is 695. The molecule has 0 unspecified atom stereocenters. The fraction of sp³-hybridized carbons (Fsp3) is 0.353. The molecule has 0 aliphatic rings. The number of unbranched alkanes of at least 4 members (excludes halogenated alkanes) is 1. The van der Waals surface area contributed by atoms with Gasteiger partial charge in [0.25, 0.3) is 0 Å². The normalized spacial score (nSPS) is 11.1. The fourth-order valence-corrected chi connectivity index (χ4v) is 2.14. The van der Waals surface area contributed by atoms with E-state index in [4.69, 9.17) is 4.74 Å². The first-order chi connectivity index (χ1) is 11.2. The van der Waals surface area contributed by atoms with E-state index in [2.05, 4.69) is 17.2 Å². The number of ether oxygens (including phenoxy) is 1. The van der Waals surface area contributed by atoms with Gasteiger partial charge in [0.1, 0.15) is 11.5 Å². The van der Waals surface area contributed by atoms with Crippen molar-refractivity contribution in [1.29, 1.82) is 0 Å². The lowest BCUT2D eigenvalue weighted by atomic mass is 10.1. The van der Waals surface area contributed by atoms with Crippen LogP contribution in [0.1, 0.15) is 37.9 Å².